The molecule has 0 radical (unpaired) electrons. The van der Waals surface area contributed by atoms with Gasteiger partial charge in [0.2, 0.25) is 0 Å². The molecule has 1 aliphatic heterocycles. The van der Waals surface area contributed by atoms with Crippen molar-refractivity contribution in [2.24, 2.45) is 0 Å². The Morgan fingerprint density at radius 1 is 1.07 bits per heavy atom. The highest BCUT2D eigenvalue weighted by Crippen LogP contribution is 2.16. The molecule has 5 nitrogen and oxygen atoms in total. The Labute approximate surface area is 184 Å². The lowest BCUT2D eigenvalue weighted by Gasteiger charge is -2.30. The number of halogens is 1. The van der Waals surface area contributed by atoms with Crippen LogP contribution < -0.4 is 10.2 Å². The number of nitrogens with zero attached hydrogens (tertiary/aromatic N) is 3. The van der Waals surface area contributed by atoms with Crippen LogP contribution in [0.1, 0.15) is 12.0 Å². The van der Waals surface area contributed by atoms with Gasteiger partial charge in [-0.2, -0.15) is 0 Å². The third-order valence-electron chi connectivity index (χ3n) is 5.21. The zero-order chi connectivity index (χ0) is 21.3. The van der Waals surface area contributed by atoms with E-state index in [1.807, 2.05) is 14.1 Å². The van der Waals surface area contributed by atoms with Crippen LogP contribution in [0.4, 0.5) is 15.8 Å². The smallest absolute Gasteiger partial charge is 0.173 e. The molecule has 1 fully saturated rings. The lowest BCUT2D eigenvalue weighted by Crippen LogP contribution is -2.40. The van der Waals surface area contributed by atoms with Crippen molar-refractivity contribution in [3.63, 3.8) is 0 Å². The number of nitrogens with one attached hydrogen (secondary N) is 1. The van der Waals surface area contributed by atoms with E-state index in [1.165, 1.54) is 23.4 Å². The second kappa shape index (κ2) is 11.2. The fraction of sp³-hybridized carbons (Fsp3) is 0.435. The molecule has 2 aromatic rings. The number of morpholine rings is 1. The number of ether oxygens (including phenoxy) is 1. The highest BCUT2D eigenvalue weighted by Gasteiger charge is 2.14. The van der Waals surface area contributed by atoms with Gasteiger partial charge in [-0.3, -0.25) is 4.90 Å². The molecule has 1 aliphatic rings. The van der Waals surface area contributed by atoms with Gasteiger partial charge in [-0.05, 0) is 60.6 Å². The van der Waals surface area contributed by atoms with Gasteiger partial charge in [0.05, 0.1) is 13.2 Å². The van der Waals surface area contributed by atoms with Crippen molar-refractivity contribution < 1.29 is 9.13 Å². The van der Waals surface area contributed by atoms with Crippen LogP contribution in [-0.4, -0.2) is 68.4 Å². The van der Waals surface area contributed by atoms with Crippen molar-refractivity contribution in [2.45, 2.75) is 13.0 Å². The number of hydrogen-bond acceptors (Lipinski definition) is 4. The van der Waals surface area contributed by atoms with Crippen molar-refractivity contribution in [3.8, 4) is 0 Å². The molecule has 1 heterocycles. The largest absolute Gasteiger partial charge is 0.379 e. The Bertz CT molecular complexity index is 792. The van der Waals surface area contributed by atoms with E-state index in [-0.39, 0.29) is 5.82 Å². The average molecular weight is 431 g/mol. The highest BCUT2D eigenvalue weighted by atomic mass is 32.1. The maximum atomic E-state index is 13.2. The second-order valence-electron chi connectivity index (χ2n) is 7.73. The monoisotopic (exact) mass is 430 g/mol. The Morgan fingerprint density at radius 3 is 2.37 bits per heavy atom. The molecule has 1 N–H and O–H groups in total. The van der Waals surface area contributed by atoms with Gasteiger partial charge in [0.1, 0.15) is 5.82 Å². The summed E-state index contributed by atoms with van der Waals surface area (Å²) in [6.07, 6.45) is 1.01. The van der Waals surface area contributed by atoms with E-state index in [0.717, 1.165) is 58.0 Å². The first-order valence-corrected chi connectivity index (χ1v) is 10.8. The minimum atomic E-state index is -0.255. The topological polar surface area (TPSA) is 31.0 Å². The van der Waals surface area contributed by atoms with Crippen molar-refractivity contribution in [1.82, 2.24) is 9.80 Å². The Morgan fingerprint density at radius 2 is 1.73 bits per heavy atom. The fourth-order valence-electron chi connectivity index (χ4n) is 3.42. The lowest BCUT2D eigenvalue weighted by atomic mass is 10.2. The highest BCUT2D eigenvalue weighted by molar-refractivity contribution is 7.80. The summed E-state index contributed by atoms with van der Waals surface area (Å²) in [5, 5.41) is 3.91. The summed E-state index contributed by atoms with van der Waals surface area (Å²) in [6, 6.07) is 14.8. The zero-order valence-electron chi connectivity index (χ0n) is 17.8. The minimum absolute atomic E-state index is 0.255. The van der Waals surface area contributed by atoms with Gasteiger partial charge in [0, 0.05) is 58.2 Å². The summed E-state index contributed by atoms with van der Waals surface area (Å²) in [7, 11) is 4.07. The van der Waals surface area contributed by atoms with E-state index >= 15 is 0 Å². The third-order valence-corrected chi connectivity index (χ3v) is 5.58. The van der Waals surface area contributed by atoms with Crippen LogP contribution in [0.5, 0.6) is 0 Å². The molecule has 0 atom stereocenters. The van der Waals surface area contributed by atoms with Crippen LogP contribution in [-0.2, 0) is 11.3 Å². The zero-order valence-corrected chi connectivity index (χ0v) is 18.6. The van der Waals surface area contributed by atoms with Gasteiger partial charge in [-0.25, -0.2) is 4.39 Å². The third kappa shape index (κ3) is 6.93. The van der Waals surface area contributed by atoms with E-state index in [4.69, 9.17) is 17.0 Å². The quantitative estimate of drug-likeness (QED) is 0.641. The standard InChI is InChI=1S/C23H31FN4OS/c1-26(2)22-10-4-19(5-11-22)18-28(13-3-12-27-14-16-29-17-15-27)23(30)25-21-8-6-20(24)7-9-21/h4-11H,3,12-18H2,1-2H3,(H,25,30). The summed E-state index contributed by atoms with van der Waals surface area (Å²) in [5.41, 5.74) is 3.17. The molecule has 0 spiro atoms. The minimum Gasteiger partial charge on any atom is -0.379 e. The number of anilines is 2. The second-order valence-corrected chi connectivity index (χ2v) is 8.11. The molecular formula is C23H31FN4OS. The summed E-state index contributed by atoms with van der Waals surface area (Å²) >= 11 is 5.71. The molecule has 0 saturated carbocycles. The molecular weight excluding hydrogens is 399 g/mol. The van der Waals surface area contributed by atoms with Crippen molar-refractivity contribution in [2.75, 3.05) is 63.7 Å². The molecule has 3 rings (SSSR count). The molecule has 30 heavy (non-hydrogen) atoms. The molecule has 0 amide bonds. The number of thiocarbonyl (C=S) groups is 1. The molecule has 1 saturated heterocycles. The van der Waals surface area contributed by atoms with E-state index in [1.54, 1.807) is 12.1 Å². The maximum absolute atomic E-state index is 13.2. The van der Waals surface area contributed by atoms with Crippen LogP contribution in [0.25, 0.3) is 0 Å². The molecule has 162 valence electrons. The molecule has 7 heteroatoms. The van der Waals surface area contributed by atoms with Crippen molar-refractivity contribution in [1.29, 1.82) is 0 Å². The number of rotatable bonds is 8. The van der Waals surface area contributed by atoms with Crippen molar-refractivity contribution >= 4 is 28.7 Å². The summed E-state index contributed by atoms with van der Waals surface area (Å²) in [6.45, 7) is 6.20. The van der Waals surface area contributed by atoms with Gasteiger partial charge >= 0.3 is 0 Å². The van der Waals surface area contributed by atoms with Gasteiger partial charge in [0.15, 0.2) is 5.11 Å². The van der Waals surface area contributed by atoms with Gasteiger partial charge in [-0.15, -0.1) is 0 Å². The van der Waals surface area contributed by atoms with Crippen LogP contribution in [0.3, 0.4) is 0 Å². The van der Waals surface area contributed by atoms with Crippen molar-refractivity contribution in [3.05, 3.63) is 59.9 Å². The van der Waals surface area contributed by atoms with E-state index in [0.29, 0.717) is 5.11 Å². The molecule has 2 aromatic carbocycles. The van der Waals surface area contributed by atoms with E-state index in [2.05, 4.69) is 44.3 Å². The lowest BCUT2D eigenvalue weighted by molar-refractivity contribution is 0.0368. The summed E-state index contributed by atoms with van der Waals surface area (Å²) in [5.74, 6) is -0.255. The van der Waals surface area contributed by atoms with Gasteiger partial charge in [0.25, 0.3) is 0 Å². The number of benzene rings is 2. The van der Waals surface area contributed by atoms with Crippen LogP contribution in [0.2, 0.25) is 0 Å². The fourth-order valence-corrected chi connectivity index (χ4v) is 3.69. The predicted molar refractivity (Wildman–Crippen MR) is 126 cm³/mol. The Balaban J connectivity index is 1.63. The first-order chi connectivity index (χ1) is 14.5. The predicted octanol–water partition coefficient (Wildman–Crippen LogP) is 3.81. The molecule has 0 unspecified atom stereocenters. The first kappa shape index (κ1) is 22.5. The maximum Gasteiger partial charge on any atom is 0.173 e. The van der Waals surface area contributed by atoms with E-state index < -0.39 is 0 Å². The van der Waals surface area contributed by atoms with Gasteiger partial charge in [-0.1, -0.05) is 12.1 Å². The Hall–Kier alpha value is -2.22. The normalized spacial score (nSPS) is 14.4. The summed E-state index contributed by atoms with van der Waals surface area (Å²) in [4.78, 5) is 6.71. The first-order valence-electron chi connectivity index (χ1n) is 10.4. The van der Waals surface area contributed by atoms with Crippen LogP contribution in [0.15, 0.2) is 48.5 Å². The van der Waals surface area contributed by atoms with Crippen LogP contribution in [0, 0.1) is 5.82 Å². The Kier molecular flexibility index (Phi) is 8.42. The van der Waals surface area contributed by atoms with Gasteiger partial charge < -0.3 is 19.9 Å². The number of hydrogen-bond donors (Lipinski definition) is 1. The average Bonchev–Trinajstić information content (AvgIpc) is 2.75. The molecule has 0 bridgehead atoms. The molecule has 0 aliphatic carbocycles. The van der Waals surface area contributed by atoms with E-state index in [9.17, 15) is 4.39 Å². The SMILES string of the molecule is CN(C)c1ccc(CN(CCCN2CCOCC2)C(=S)Nc2ccc(F)cc2)cc1. The molecule has 0 aromatic heterocycles. The van der Waals surface area contributed by atoms with Crippen LogP contribution >= 0.6 is 12.2 Å². The summed E-state index contributed by atoms with van der Waals surface area (Å²) < 4.78 is 18.6.